The van der Waals surface area contributed by atoms with Crippen LogP contribution in [0.5, 0.6) is 0 Å². The molecule has 2 aromatic rings. The first kappa shape index (κ1) is 21.3. The summed E-state index contributed by atoms with van der Waals surface area (Å²) in [6.07, 6.45) is 6.36. The number of hydrogen-bond acceptors (Lipinski definition) is 0. The van der Waals surface area contributed by atoms with Gasteiger partial charge in [-0.3, -0.25) is 4.39 Å². The largest absolute Gasteiger partial charge is 0.251 e. The van der Waals surface area contributed by atoms with E-state index in [0.717, 1.165) is 32.1 Å². The number of alkyl halides is 1. The van der Waals surface area contributed by atoms with E-state index in [2.05, 4.69) is 6.92 Å². The molecule has 0 bridgehead atoms. The Morgan fingerprint density at radius 1 is 0.833 bits per heavy atom. The third kappa shape index (κ3) is 3.65. The van der Waals surface area contributed by atoms with E-state index in [1.807, 2.05) is 0 Å². The van der Waals surface area contributed by atoms with Crippen LogP contribution < -0.4 is 0 Å². The van der Waals surface area contributed by atoms with Crippen molar-refractivity contribution in [2.75, 3.05) is 6.67 Å². The van der Waals surface area contributed by atoms with E-state index >= 15 is 8.78 Å². The van der Waals surface area contributed by atoms with Gasteiger partial charge in [0.2, 0.25) is 0 Å². The molecular formula is C25H27F5. The Morgan fingerprint density at radius 3 is 2.10 bits per heavy atom. The van der Waals surface area contributed by atoms with Gasteiger partial charge in [-0.15, -0.1) is 0 Å². The fraction of sp³-hybridized carbons (Fsp3) is 0.520. The highest BCUT2D eigenvalue weighted by Gasteiger charge is 2.34. The molecule has 0 aliphatic heterocycles. The van der Waals surface area contributed by atoms with Crippen molar-refractivity contribution >= 4 is 0 Å². The Balaban J connectivity index is 1.69. The summed E-state index contributed by atoms with van der Waals surface area (Å²) in [6, 6.07) is 3.15. The maximum atomic E-state index is 15.1. The zero-order valence-corrected chi connectivity index (χ0v) is 17.3. The number of hydrogen-bond donors (Lipinski definition) is 0. The molecule has 1 fully saturated rings. The molecule has 0 unspecified atom stereocenters. The summed E-state index contributed by atoms with van der Waals surface area (Å²) < 4.78 is 71.9. The van der Waals surface area contributed by atoms with Gasteiger partial charge in [-0.2, -0.15) is 0 Å². The minimum Gasteiger partial charge on any atom is -0.251 e. The molecule has 4 rings (SSSR count). The van der Waals surface area contributed by atoms with Gasteiger partial charge >= 0.3 is 0 Å². The van der Waals surface area contributed by atoms with Gasteiger partial charge in [0.15, 0.2) is 23.3 Å². The van der Waals surface area contributed by atoms with Gasteiger partial charge in [-0.1, -0.05) is 31.9 Å². The lowest BCUT2D eigenvalue weighted by Crippen LogP contribution is -2.15. The van der Waals surface area contributed by atoms with Gasteiger partial charge < -0.3 is 0 Å². The average molecular weight is 422 g/mol. The molecule has 162 valence electrons. The molecule has 30 heavy (non-hydrogen) atoms. The van der Waals surface area contributed by atoms with Crippen molar-refractivity contribution in [1.82, 2.24) is 0 Å². The maximum absolute atomic E-state index is 15.1. The van der Waals surface area contributed by atoms with Crippen molar-refractivity contribution in [2.24, 2.45) is 5.92 Å². The number of aryl methyl sites for hydroxylation is 1. The van der Waals surface area contributed by atoms with Crippen molar-refractivity contribution in [1.29, 1.82) is 0 Å². The van der Waals surface area contributed by atoms with Crippen LogP contribution in [-0.2, 0) is 12.8 Å². The molecular weight excluding hydrogens is 395 g/mol. The van der Waals surface area contributed by atoms with Gasteiger partial charge in [-0.05, 0) is 79.0 Å². The fourth-order valence-corrected chi connectivity index (χ4v) is 5.37. The Morgan fingerprint density at radius 2 is 1.47 bits per heavy atom. The van der Waals surface area contributed by atoms with Crippen molar-refractivity contribution < 1.29 is 22.0 Å². The molecule has 0 saturated heterocycles. The van der Waals surface area contributed by atoms with Crippen LogP contribution in [0.15, 0.2) is 12.1 Å². The summed E-state index contributed by atoms with van der Waals surface area (Å²) in [6.45, 7) is 1.53. The maximum Gasteiger partial charge on any atom is 0.167 e. The van der Waals surface area contributed by atoms with E-state index in [-0.39, 0.29) is 41.9 Å². The highest BCUT2D eigenvalue weighted by Crippen LogP contribution is 2.46. The van der Waals surface area contributed by atoms with Crippen LogP contribution in [0.25, 0.3) is 11.1 Å². The van der Waals surface area contributed by atoms with E-state index in [1.165, 1.54) is 12.5 Å². The molecule has 0 radical (unpaired) electrons. The van der Waals surface area contributed by atoms with Crippen LogP contribution in [-0.4, -0.2) is 6.67 Å². The lowest BCUT2D eigenvalue weighted by molar-refractivity contribution is 0.303. The van der Waals surface area contributed by atoms with Crippen LogP contribution in [0.3, 0.4) is 0 Å². The van der Waals surface area contributed by atoms with Gasteiger partial charge in [0.1, 0.15) is 0 Å². The van der Waals surface area contributed by atoms with Gasteiger partial charge in [-0.25, -0.2) is 17.6 Å². The molecule has 0 amide bonds. The summed E-state index contributed by atoms with van der Waals surface area (Å²) in [5, 5.41) is 0. The second kappa shape index (κ2) is 8.68. The third-order valence-corrected chi connectivity index (χ3v) is 6.87. The number of halogens is 5. The first-order chi connectivity index (χ1) is 14.5. The zero-order chi connectivity index (χ0) is 21.4. The number of rotatable bonds is 6. The minimum absolute atomic E-state index is 0.0386. The Kier molecular flexibility index (Phi) is 6.17. The molecule has 0 aromatic heterocycles. The SMILES string of the molecule is CCCC1CCC(c2cc3c(c(F)c2F)-c2c(cc(CCCF)c(F)c2F)C3)CC1. The van der Waals surface area contributed by atoms with E-state index in [0.29, 0.717) is 22.6 Å². The summed E-state index contributed by atoms with van der Waals surface area (Å²) in [5.41, 5.74) is 1.08. The van der Waals surface area contributed by atoms with Crippen LogP contribution in [0, 0.1) is 29.2 Å². The normalized spacial score (nSPS) is 20.3. The Hall–Kier alpha value is -1.91. The van der Waals surface area contributed by atoms with Crippen LogP contribution >= 0.6 is 0 Å². The molecule has 0 nitrogen and oxygen atoms in total. The van der Waals surface area contributed by atoms with Crippen molar-refractivity contribution in [3.63, 3.8) is 0 Å². The monoisotopic (exact) mass is 422 g/mol. The quantitative estimate of drug-likeness (QED) is 0.356. The molecule has 2 aliphatic carbocycles. The molecule has 1 saturated carbocycles. The van der Waals surface area contributed by atoms with Crippen molar-refractivity contribution in [3.8, 4) is 11.1 Å². The molecule has 2 aliphatic rings. The smallest absolute Gasteiger partial charge is 0.167 e. The van der Waals surface area contributed by atoms with E-state index in [4.69, 9.17) is 0 Å². The molecule has 0 atom stereocenters. The number of benzene rings is 2. The van der Waals surface area contributed by atoms with Crippen LogP contribution in [0.4, 0.5) is 22.0 Å². The third-order valence-electron chi connectivity index (χ3n) is 6.87. The predicted molar refractivity (Wildman–Crippen MR) is 108 cm³/mol. The lowest BCUT2D eigenvalue weighted by Gasteiger charge is -2.29. The second-order valence-electron chi connectivity index (χ2n) is 8.80. The first-order valence-corrected chi connectivity index (χ1v) is 11.0. The Bertz CT molecular complexity index is 942. The first-order valence-electron chi connectivity index (χ1n) is 11.0. The van der Waals surface area contributed by atoms with Crippen LogP contribution in [0.1, 0.15) is 80.0 Å². The molecule has 0 N–H and O–H groups in total. The predicted octanol–water partition coefficient (Wildman–Crippen LogP) is 7.79. The topological polar surface area (TPSA) is 0 Å². The average Bonchev–Trinajstić information content (AvgIpc) is 3.11. The summed E-state index contributed by atoms with van der Waals surface area (Å²) in [7, 11) is 0. The highest BCUT2D eigenvalue weighted by molar-refractivity contribution is 5.79. The van der Waals surface area contributed by atoms with E-state index in [1.54, 1.807) is 6.07 Å². The molecule has 5 heteroatoms. The number of fused-ring (bicyclic) bond motifs is 3. The van der Waals surface area contributed by atoms with Gasteiger partial charge in [0.05, 0.1) is 6.67 Å². The second-order valence-corrected chi connectivity index (χ2v) is 8.80. The van der Waals surface area contributed by atoms with Crippen LogP contribution in [0.2, 0.25) is 0 Å². The highest BCUT2D eigenvalue weighted by atomic mass is 19.2. The molecule has 2 aromatic carbocycles. The van der Waals surface area contributed by atoms with Crippen molar-refractivity contribution in [2.45, 2.75) is 70.6 Å². The van der Waals surface area contributed by atoms with Gasteiger partial charge in [0.25, 0.3) is 0 Å². The Labute approximate surface area is 174 Å². The fourth-order valence-electron chi connectivity index (χ4n) is 5.37. The molecule has 0 heterocycles. The van der Waals surface area contributed by atoms with Gasteiger partial charge in [0, 0.05) is 11.1 Å². The minimum atomic E-state index is -1.16. The zero-order valence-electron chi connectivity index (χ0n) is 17.3. The van der Waals surface area contributed by atoms with E-state index in [9.17, 15) is 13.2 Å². The summed E-state index contributed by atoms with van der Waals surface area (Å²) in [5.74, 6) is -3.64. The lowest BCUT2D eigenvalue weighted by atomic mass is 9.76. The summed E-state index contributed by atoms with van der Waals surface area (Å²) in [4.78, 5) is 0. The van der Waals surface area contributed by atoms with E-state index < -0.39 is 29.9 Å². The summed E-state index contributed by atoms with van der Waals surface area (Å²) >= 11 is 0. The standard InChI is InChI=1S/C25H27F5/c1-2-4-14-6-8-15(9-7-14)19-13-18-12-17-11-16(5-3-10-26)22(27)24(29)20(17)21(18)25(30)23(19)28/h11,13-15H,2-10,12H2,1H3. The molecule has 0 spiro atoms. The van der Waals surface area contributed by atoms with Crippen molar-refractivity contribution in [3.05, 3.63) is 57.7 Å².